The number of rotatable bonds is 3. The second-order valence-corrected chi connectivity index (χ2v) is 4.81. The average Bonchev–Trinajstić information content (AvgIpc) is 2.67. The van der Waals surface area contributed by atoms with Gasteiger partial charge in [0.25, 0.3) is 5.91 Å². The number of halogens is 1. The zero-order valence-electron chi connectivity index (χ0n) is 10.1. The van der Waals surface area contributed by atoms with Crippen molar-refractivity contribution in [3.05, 3.63) is 22.7 Å². The van der Waals surface area contributed by atoms with Gasteiger partial charge in [-0.3, -0.25) is 4.79 Å². The van der Waals surface area contributed by atoms with E-state index < -0.39 is 5.91 Å². The molecule has 2 atom stereocenters. The van der Waals surface area contributed by atoms with Crippen LogP contribution in [0.5, 0.6) is 0 Å². The third-order valence-corrected chi connectivity index (χ3v) is 3.38. The predicted molar refractivity (Wildman–Crippen MR) is 71.8 cm³/mol. The van der Waals surface area contributed by atoms with E-state index in [1.807, 2.05) is 6.92 Å². The van der Waals surface area contributed by atoms with E-state index in [2.05, 4.69) is 5.32 Å². The van der Waals surface area contributed by atoms with E-state index >= 15 is 0 Å². The van der Waals surface area contributed by atoms with Gasteiger partial charge >= 0.3 is 0 Å². The number of carbonyl (C=O) groups is 1. The zero-order valence-corrected chi connectivity index (χ0v) is 10.8. The molecule has 5 nitrogen and oxygen atoms in total. The fourth-order valence-electron chi connectivity index (χ4n) is 2.08. The summed E-state index contributed by atoms with van der Waals surface area (Å²) in [4.78, 5) is 11.4. The Morgan fingerprint density at radius 1 is 1.56 bits per heavy atom. The fourth-order valence-corrected chi connectivity index (χ4v) is 2.36. The first-order valence-electron chi connectivity index (χ1n) is 5.76. The highest BCUT2D eigenvalue weighted by Gasteiger charge is 2.26. The molecule has 6 heteroatoms. The quantitative estimate of drug-likeness (QED) is 0.727. The summed E-state index contributed by atoms with van der Waals surface area (Å²) in [5.41, 5.74) is 12.2. The Morgan fingerprint density at radius 2 is 2.28 bits per heavy atom. The molecule has 1 aromatic carbocycles. The number of hydrogen-bond acceptors (Lipinski definition) is 4. The van der Waals surface area contributed by atoms with Gasteiger partial charge in [-0.25, -0.2) is 0 Å². The smallest absolute Gasteiger partial charge is 0.250 e. The summed E-state index contributed by atoms with van der Waals surface area (Å²) < 4.78 is 5.46. The molecule has 2 unspecified atom stereocenters. The summed E-state index contributed by atoms with van der Waals surface area (Å²) >= 11 is 6.11. The Hall–Kier alpha value is -1.46. The fraction of sp³-hybridized carbons (Fsp3) is 0.417. The van der Waals surface area contributed by atoms with Crippen molar-refractivity contribution in [2.45, 2.75) is 25.5 Å². The monoisotopic (exact) mass is 269 g/mol. The zero-order chi connectivity index (χ0) is 13.3. The van der Waals surface area contributed by atoms with Crippen molar-refractivity contribution in [2.24, 2.45) is 5.73 Å². The highest BCUT2D eigenvalue weighted by molar-refractivity contribution is 6.34. The lowest BCUT2D eigenvalue weighted by molar-refractivity contribution is 0.100. The lowest BCUT2D eigenvalue weighted by atomic mass is 10.1. The van der Waals surface area contributed by atoms with Crippen molar-refractivity contribution < 1.29 is 9.53 Å². The minimum absolute atomic E-state index is 0.0688. The molecule has 5 N–H and O–H groups in total. The highest BCUT2D eigenvalue weighted by atomic mass is 35.5. The van der Waals surface area contributed by atoms with Crippen molar-refractivity contribution in [1.82, 2.24) is 0 Å². The topological polar surface area (TPSA) is 90.4 Å². The number of anilines is 2. The number of primary amides is 1. The summed E-state index contributed by atoms with van der Waals surface area (Å²) in [5.74, 6) is -0.557. The van der Waals surface area contributed by atoms with Crippen LogP contribution in [0.4, 0.5) is 11.4 Å². The molecule has 1 aromatic rings. The second-order valence-electron chi connectivity index (χ2n) is 4.40. The summed E-state index contributed by atoms with van der Waals surface area (Å²) in [6.45, 7) is 2.66. The molecule has 0 bridgehead atoms. The van der Waals surface area contributed by atoms with Gasteiger partial charge in [0.05, 0.1) is 28.4 Å². The molecule has 1 amide bonds. The van der Waals surface area contributed by atoms with Crippen LogP contribution in [0.1, 0.15) is 23.7 Å². The van der Waals surface area contributed by atoms with Gasteiger partial charge in [0.15, 0.2) is 0 Å². The van der Waals surface area contributed by atoms with Gasteiger partial charge in [-0.05, 0) is 25.5 Å². The Labute approximate surface area is 110 Å². The van der Waals surface area contributed by atoms with Crippen molar-refractivity contribution >= 4 is 28.9 Å². The molecule has 1 aliphatic rings. The van der Waals surface area contributed by atoms with E-state index in [-0.39, 0.29) is 12.1 Å². The van der Waals surface area contributed by atoms with E-state index in [9.17, 15) is 4.79 Å². The largest absolute Gasteiger partial charge is 0.399 e. The lowest BCUT2D eigenvalue weighted by Gasteiger charge is -2.20. The van der Waals surface area contributed by atoms with Crippen LogP contribution in [-0.2, 0) is 4.74 Å². The minimum Gasteiger partial charge on any atom is -0.399 e. The molecule has 2 rings (SSSR count). The molecular formula is C12H16ClN3O2. The first-order valence-corrected chi connectivity index (χ1v) is 6.14. The first kappa shape index (κ1) is 13.0. The van der Waals surface area contributed by atoms with Gasteiger partial charge in [-0.2, -0.15) is 0 Å². The van der Waals surface area contributed by atoms with E-state index in [1.165, 1.54) is 6.07 Å². The molecule has 0 aliphatic carbocycles. The molecular weight excluding hydrogens is 254 g/mol. The number of amides is 1. The van der Waals surface area contributed by atoms with Crippen LogP contribution in [0.15, 0.2) is 12.1 Å². The van der Waals surface area contributed by atoms with E-state index in [1.54, 1.807) is 6.07 Å². The van der Waals surface area contributed by atoms with E-state index in [0.717, 1.165) is 6.42 Å². The normalized spacial score (nSPS) is 23.0. The summed E-state index contributed by atoms with van der Waals surface area (Å²) in [5, 5.41) is 3.61. The standard InChI is InChI=1S/C12H16ClN3O2/c1-6-10(2-3-18-6)16-11-8(12(15)17)4-7(14)5-9(11)13/h4-6,10,16H,2-3,14H2,1H3,(H2,15,17). The van der Waals surface area contributed by atoms with Gasteiger partial charge in [0.2, 0.25) is 0 Å². The number of nitrogens with one attached hydrogen (secondary N) is 1. The van der Waals surface area contributed by atoms with Crippen LogP contribution in [0, 0.1) is 0 Å². The highest BCUT2D eigenvalue weighted by Crippen LogP contribution is 2.31. The van der Waals surface area contributed by atoms with Crippen molar-refractivity contribution in [1.29, 1.82) is 0 Å². The third kappa shape index (κ3) is 2.52. The molecule has 1 aliphatic heterocycles. The van der Waals surface area contributed by atoms with Gasteiger partial charge in [-0.15, -0.1) is 0 Å². The van der Waals surface area contributed by atoms with Crippen LogP contribution in [0.3, 0.4) is 0 Å². The van der Waals surface area contributed by atoms with Gasteiger partial charge in [0.1, 0.15) is 0 Å². The number of nitrogen functional groups attached to an aromatic ring is 1. The predicted octanol–water partition coefficient (Wildman–Crippen LogP) is 1.61. The Morgan fingerprint density at radius 3 is 2.83 bits per heavy atom. The molecule has 18 heavy (non-hydrogen) atoms. The van der Waals surface area contributed by atoms with Gasteiger partial charge in [0, 0.05) is 12.3 Å². The molecule has 0 aromatic heterocycles. The Kier molecular flexibility index (Phi) is 3.63. The SMILES string of the molecule is CC1OCCC1Nc1c(Cl)cc(N)cc1C(N)=O. The first-order chi connectivity index (χ1) is 8.49. The van der Waals surface area contributed by atoms with Crippen molar-refractivity contribution in [3.63, 3.8) is 0 Å². The second kappa shape index (κ2) is 5.04. The van der Waals surface area contributed by atoms with Crippen molar-refractivity contribution in [3.8, 4) is 0 Å². The summed E-state index contributed by atoms with van der Waals surface area (Å²) in [6.07, 6.45) is 0.930. The van der Waals surface area contributed by atoms with Crippen molar-refractivity contribution in [2.75, 3.05) is 17.7 Å². The van der Waals surface area contributed by atoms with Crippen LogP contribution >= 0.6 is 11.6 Å². The maximum absolute atomic E-state index is 11.4. The summed E-state index contributed by atoms with van der Waals surface area (Å²) in [6, 6.07) is 3.23. The molecule has 1 fully saturated rings. The van der Waals surface area contributed by atoms with Gasteiger partial charge < -0.3 is 21.5 Å². The maximum Gasteiger partial charge on any atom is 0.250 e. The average molecular weight is 270 g/mol. The number of benzene rings is 1. The van der Waals surface area contributed by atoms with Gasteiger partial charge in [-0.1, -0.05) is 11.6 Å². The molecule has 0 spiro atoms. The van der Waals surface area contributed by atoms with Crippen LogP contribution < -0.4 is 16.8 Å². The van der Waals surface area contributed by atoms with E-state index in [4.69, 9.17) is 27.8 Å². The van der Waals surface area contributed by atoms with Crippen LogP contribution in [0.2, 0.25) is 5.02 Å². The van der Waals surface area contributed by atoms with E-state index in [0.29, 0.717) is 28.6 Å². The molecule has 0 radical (unpaired) electrons. The number of nitrogens with two attached hydrogens (primary N) is 2. The third-order valence-electron chi connectivity index (χ3n) is 3.08. The number of carbonyl (C=O) groups excluding carboxylic acids is 1. The maximum atomic E-state index is 11.4. The molecule has 1 saturated heterocycles. The lowest BCUT2D eigenvalue weighted by Crippen LogP contribution is -2.28. The molecule has 0 saturated carbocycles. The Bertz CT molecular complexity index is 479. The Balaban J connectivity index is 2.33. The minimum atomic E-state index is -0.557. The molecule has 1 heterocycles. The molecule has 98 valence electrons. The van der Waals surface area contributed by atoms with Crippen LogP contribution in [0.25, 0.3) is 0 Å². The number of hydrogen-bond donors (Lipinski definition) is 3. The summed E-state index contributed by atoms with van der Waals surface area (Å²) in [7, 11) is 0. The number of ether oxygens (including phenoxy) is 1. The van der Waals surface area contributed by atoms with Crippen LogP contribution in [-0.4, -0.2) is 24.7 Å².